The average molecular weight is 297 g/mol. The highest BCUT2D eigenvalue weighted by Crippen LogP contribution is 2.15. The van der Waals surface area contributed by atoms with Crippen molar-refractivity contribution in [2.75, 3.05) is 6.61 Å². The predicted molar refractivity (Wildman–Crippen MR) is 86.2 cm³/mol. The second kappa shape index (κ2) is 7.50. The molecule has 22 heavy (non-hydrogen) atoms. The van der Waals surface area contributed by atoms with Crippen molar-refractivity contribution in [3.8, 4) is 0 Å². The van der Waals surface area contributed by atoms with E-state index in [9.17, 15) is 9.59 Å². The van der Waals surface area contributed by atoms with Crippen LogP contribution in [0, 0.1) is 5.92 Å². The van der Waals surface area contributed by atoms with E-state index in [0.717, 1.165) is 16.5 Å². The molecule has 0 amide bonds. The Morgan fingerprint density at radius 1 is 1.32 bits per heavy atom. The quantitative estimate of drug-likeness (QED) is 0.605. The van der Waals surface area contributed by atoms with Crippen molar-refractivity contribution in [1.82, 2.24) is 4.98 Å². The number of Topliss-reactive ketones (excluding diaryl/α,β-unsaturated/α-hetero) is 1. The maximum absolute atomic E-state index is 11.7. The minimum absolute atomic E-state index is 0.181. The first-order chi connectivity index (χ1) is 10.6. The number of para-hydroxylation sites is 1. The van der Waals surface area contributed by atoms with Crippen molar-refractivity contribution in [2.45, 2.75) is 20.3 Å². The van der Waals surface area contributed by atoms with Gasteiger partial charge < -0.3 is 4.74 Å². The number of esters is 1. The Balaban J connectivity index is 2.08. The van der Waals surface area contributed by atoms with E-state index in [2.05, 4.69) is 4.98 Å². The van der Waals surface area contributed by atoms with Crippen molar-refractivity contribution in [3.05, 3.63) is 48.2 Å². The summed E-state index contributed by atoms with van der Waals surface area (Å²) in [6, 6.07) is 9.88. The standard InChI is InChI=1S/C18H19NO3/c1-3-22-18(21)16(13(2)20)9-6-7-14-11-15-8-4-5-10-17(15)19-12-14/h4-8,10-12,16H,3,9H2,1-2H3/b7-6+. The number of rotatable bonds is 6. The van der Waals surface area contributed by atoms with Crippen molar-refractivity contribution >= 4 is 28.7 Å². The van der Waals surface area contributed by atoms with E-state index in [0.29, 0.717) is 6.42 Å². The molecule has 0 bridgehead atoms. The number of fused-ring (bicyclic) bond motifs is 1. The number of carbonyl (C=O) groups is 2. The van der Waals surface area contributed by atoms with Crippen molar-refractivity contribution in [3.63, 3.8) is 0 Å². The normalized spacial score (nSPS) is 12.5. The van der Waals surface area contributed by atoms with Crippen LogP contribution in [-0.2, 0) is 14.3 Å². The summed E-state index contributed by atoms with van der Waals surface area (Å²) in [6.07, 6.45) is 5.79. The lowest BCUT2D eigenvalue weighted by atomic mass is 10.0. The lowest BCUT2D eigenvalue weighted by Crippen LogP contribution is -2.23. The van der Waals surface area contributed by atoms with Gasteiger partial charge in [-0.3, -0.25) is 14.6 Å². The molecule has 1 atom stereocenters. The Kier molecular flexibility index (Phi) is 5.42. The molecule has 1 unspecified atom stereocenters. The fourth-order valence-corrected chi connectivity index (χ4v) is 2.19. The number of ether oxygens (including phenoxy) is 1. The van der Waals surface area contributed by atoms with E-state index in [4.69, 9.17) is 4.74 Å². The molecule has 0 aliphatic carbocycles. The molecule has 0 N–H and O–H groups in total. The summed E-state index contributed by atoms with van der Waals surface area (Å²) in [7, 11) is 0. The Labute approximate surface area is 129 Å². The van der Waals surface area contributed by atoms with Gasteiger partial charge in [-0.05, 0) is 38.0 Å². The van der Waals surface area contributed by atoms with E-state index in [-0.39, 0.29) is 12.4 Å². The van der Waals surface area contributed by atoms with Gasteiger partial charge in [0.2, 0.25) is 0 Å². The summed E-state index contributed by atoms with van der Waals surface area (Å²) in [5.74, 6) is -1.37. The van der Waals surface area contributed by atoms with Crippen LogP contribution in [0.4, 0.5) is 0 Å². The molecular weight excluding hydrogens is 278 g/mol. The number of aromatic nitrogens is 1. The fraction of sp³-hybridized carbons (Fsp3) is 0.278. The number of pyridine rings is 1. The summed E-state index contributed by atoms with van der Waals surface area (Å²) in [5.41, 5.74) is 1.87. The molecule has 0 fully saturated rings. The summed E-state index contributed by atoms with van der Waals surface area (Å²) >= 11 is 0. The van der Waals surface area contributed by atoms with Gasteiger partial charge in [0.15, 0.2) is 0 Å². The molecule has 4 nitrogen and oxygen atoms in total. The smallest absolute Gasteiger partial charge is 0.316 e. The molecule has 0 saturated heterocycles. The largest absolute Gasteiger partial charge is 0.465 e. The van der Waals surface area contributed by atoms with Crippen LogP contribution in [0.15, 0.2) is 42.6 Å². The number of allylic oxidation sites excluding steroid dienone is 1. The molecule has 2 aromatic rings. The SMILES string of the molecule is CCOC(=O)C(C/C=C/c1cnc2ccccc2c1)C(C)=O. The van der Waals surface area contributed by atoms with Gasteiger partial charge in [0.1, 0.15) is 11.7 Å². The van der Waals surface area contributed by atoms with E-state index in [1.54, 1.807) is 13.1 Å². The zero-order chi connectivity index (χ0) is 15.9. The molecule has 1 heterocycles. The maximum Gasteiger partial charge on any atom is 0.316 e. The van der Waals surface area contributed by atoms with Crippen molar-refractivity contribution in [1.29, 1.82) is 0 Å². The number of nitrogens with zero attached hydrogens (tertiary/aromatic N) is 1. The second-order valence-corrected chi connectivity index (χ2v) is 5.01. The molecule has 2 rings (SSSR count). The van der Waals surface area contributed by atoms with Crippen LogP contribution in [0.5, 0.6) is 0 Å². The Morgan fingerprint density at radius 2 is 2.09 bits per heavy atom. The molecule has 1 aromatic heterocycles. The molecule has 0 radical (unpaired) electrons. The molecular formula is C18H19NO3. The Bertz CT molecular complexity index is 706. The second-order valence-electron chi connectivity index (χ2n) is 5.01. The van der Waals surface area contributed by atoms with Crippen LogP contribution in [0.25, 0.3) is 17.0 Å². The molecule has 0 saturated carbocycles. The van der Waals surface area contributed by atoms with Gasteiger partial charge in [0, 0.05) is 11.6 Å². The van der Waals surface area contributed by atoms with Gasteiger partial charge in [-0.1, -0.05) is 30.4 Å². The van der Waals surface area contributed by atoms with E-state index >= 15 is 0 Å². The van der Waals surface area contributed by atoms with Crippen LogP contribution in [0.1, 0.15) is 25.8 Å². The van der Waals surface area contributed by atoms with Crippen LogP contribution in [-0.4, -0.2) is 23.3 Å². The lowest BCUT2D eigenvalue weighted by Gasteiger charge is -2.09. The van der Waals surface area contributed by atoms with Crippen molar-refractivity contribution in [2.24, 2.45) is 5.92 Å². The third-order valence-corrected chi connectivity index (χ3v) is 3.36. The zero-order valence-corrected chi connectivity index (χ0v) is 12.8. The Hall–Kier alpha value is -2.49. The van der Waals surface area contributed by atoms with E-state index in [1.807, 2.05) is 42.5 Å². The summed E-state index contributed by atoms with van der Waals surface area (Å²) < 4.78 is 4.92. The highest BCUT2D eigenvalue weighted by Gasteiger charge is 2.22. The summed E-state index contributed by atoms with van der Waals surface area (Å²) in [6.45, 7) is 3.42. The average Bonchev–Trinajstić information content (AvgIpc) is 2.51. The van der Waals surface area contributed by atoms with Gasteiger partial charge in [0.05, 0.1) is 12.1 Å². The topological polar surface area (TPSA) is 56.3 Å². The molecule has 1 aromatic carbocycles. The van der Waals surface area contributed by atoms with Crippen LogP contribution in [0.2, 0.25) is 0 Å². The Morgan fingerprint density at radius 3 is 2.82 bits per heavy atom. The van der Waals surface area contributed by atoms with Gasteiger partial charge in [-0.15, -0.1) is 0 Å². The third-order valence-electron chi connectivity index (χ3n) is 3.36. The van der Waals surface area contributed by atoms with Gasteiger partial charge >= 0.3 is 5.97 Å². The van der Waals surface area contributed by atoms with Crippen LogP contribution >= 0.6 is 0 Å². The summed E-state index contributed by atoms with van der Waals surface area (Å²) in [5, 5.41) is 1.05. The highest BCUT2D eigenvalue weighted by atomic mass is 16.5. The molecule has 0 aliphatic rings. The first kappa shape index (κ1) is 15.9. The fourth-order valence-electron chi connectivity index (χ4n) is 2.19. The van der Waals surface area contributed by atoms with Crippen LogP contribution < -0.4 is 0 Å². The van der Waals surface area contributed by atoms with Gasteiger partial charge in [-0.2, -0.15) is 0 Å². The minimum atomic E-state index is -0.732. The van der Waals surface area contributed by atoms with Crippen molar-refractivity contribution < 1.29 is 14.3 Å². The predicted octanol–water partition coefficient (Wildman–Crippen LogP) is 3.41. The monoisotopic (exact) mass is 297 g/mol. The minimum Gasteiger partial charge on any atom is -0.465 e. The number of hydrogen-bond donors (Lipinski definition) is 0. The highest BCUT2D eigenvalue weighted by molar-refractivity contribution is 5.98. The molecule has 0 aliphatic heterocycles. The summed E-state index contributed by atoms with van der Waals surface area (Å²) in [4.78, 5) is 27.6. The van der Waals surface area contributed by atoms with E-state index < -0.39 is 11.9 Å². The maximum atomic E-state index is 11.7. The number of hydrogen-bond acceptors (Lipinski definition) is 4. The first-order valence-corrected chi connectivity index (χ1v) is 7.30. The third kappa shape index (κ3) is 4.01. The van der Waals surface area contributed by atoms with Gasteiger partial charge in [0.25, 0.3) is 0 Å². The van der Waals surface area contributed by atoms with E-state index in [1.165, 1.54) is 6.92 Å². The number of carbonyl (C=O) groups excluding carboxylic acids is 2. The van der Waals surface area contributed by atoms with Gasteiger partial charge in [-0.25, -0.2) is 0 Å². The van der Waals surface area contributed by atoms with Crippen LogP contribution in [0.3, 0.4) is 0 Å². The number of benzene rings is 1. The lowest BCUT2D eigenvalue weighted by molar-refractivity contribution is -0.150. The zero-order valence-electron chi connectivity index (χ0n) is 12.8. The molecule has 4 heteroatoms. The molecule has 114 valence electrons. The first-order valence-electron chi connectivity index (χ1n) is 7.30. The number of ketones is 1. The molecule has 0 spiro atoms.